The van der Waals surface area contributed by atoms with E-state index in [9.17, 15) is 4.79 Å². The van der Waals surface area contributed by atoms with E-state index in [1.807, 2.05) is 36.4 Å². The monoisotopic (exact) mass is 238 g/mol. The van der Waals surface area contributed by atoms with E-state index in [1.165, 1.54) is 11.1 Å². The molecule has 0 aromatic heterocycles. The molecule has 0 fully saturated rings. The number of carbonyl (C=O) groups is 1. The summed E-state index contributed by atoms with van der Waals surface area (Å²) < 4.78 is 0. The molecule has 2 rings (SSSR count). The molecule has 0 aliphatic rings. The fourth-order valence-electron chi connectivity index (χ4n) is 2.15. The molecule has 0 radical (unpaired) electrons. The molecular weight excluding hydrogens is 220 g/mol. The predicted molar refractivity (Wildman–Crippen MR) is 75.0 cm³/mol. The van der Waals surface area contributed by atoms with Crippen molar-refractivity contribution in [3.63, 3.8) is 0 Å². The normalized spacial score (nSPS) is 11.3. The second-order valence-corrected chi connectivity index (χ2v) is 5.13. The Morgan fingerprint density at radius 1 is 0.889 bits per heavy atom. The Kier molecular flexibility index (Phi) is 3.33. The lowest BCUT2D eigenvalue weighted by molar-refractivity contribution is 0.101. The number of hydrogen-bond donors (Lipinski definition) is 0. The van der Waals surface area contributed by atoms with Gasteiger partial charge in [-0.15, -0.1) is 0 Å². The SMILES string of the molecule is CC(=O)c1cccc(C(C)(C)c2ccccc2)c1. The van der Waals surface area contributed by atoms with Crippen molar-refractivity contribution in [1.82, 2.24) is 0 Å². The molecule has 18 heavy (non-hydrogen) atoms. The van der Waals surface area contributed by atoms with E-state index in [2.05, 4.69) is 32.0 Å². The highest BCUT2D eigenvalue weighted by Gasteiger charge is 2.23. The smallest absolute Gasteiger partial charge is 0.159 e. The zero-order chi connectivity index (χ0) is 13.2. The average Bonchev–Trinajstić information content (AvgIpc) is 2.40. The van der Waals surface area contributed by atoms with E-state index in [4.69, 9.17) is 0 Å². The van der Waals surface area contributed by atoms with E-state index in [-0.39, 0.29) is 11.2 Å². The first-order valence-electron chi connectivity index (χ1n) is 6.19. The fraction of sp³-hybridized carbons (Fsp3) is 0.235. The van der Waals surface area contributed by atoms with Crippen LogP contribution in [0.1, 0.15) is 42.3 Å². The van der Waals surface area contributed by atoms with Crippen LogP contribution in [0.5, 0.6) is 0 Å². The maximum absolute atomic E-state index is 11.5. The van der Waals surface area contributed by atoms with Crippen molar-refractivity contribution in [2.45, 2.75) is 26.2 Å². The lowest BCUT2D eigenvalue weighted by Crippen LogP contribution is -2.19. The van der Waals surface area contributed by atoms with Crippen LogP contribution in [0.4, 0.5) is 0 Å². The van der Waals surface area contributed by atoms with E-state index < -0.39 is 0 Å². The van der Waals surface area contributed by atoms with Crippen LogP contribution in [-0.2, 0) is 5.41 Å². The van der Waals surface area contributed by atoms with Gasteiger partial charge in [0.2, 0.25) is 0 Å². The maximum atomic E-state index is 11.5. The van der Waals surface area contributed by atoms with Gasteiger partial charge < -0.3 is 0 Å². The summed E-state index contributed by atoms with van der Waals surface area (Å²) in [5, 5.41) is 0. The van der Waals surface area contributed by atoms with Gasteiger partial charge in [0.25, 0.3) is 0 Å². The van der Waals surface area contributed by atoms with Crippen LogP contribution in [0.15, 0.2) is 54.6 Å². The van der Waals surface area contributed by atoms with Crippen LogP contribution in [0.25, 0.3) is 0 Å². The topological polar surface area (TPSA) is 17.1 Å². The summed E-state index contributed by atoms with van der Waals surface area (Å²) in [6.45, 7) is 5.97. The zero-order valence-electron chi connectivity index (χ0n) is 11.1. The van der Waals surface area contributed by atoms with Crippen molar-refractivity contribution in [3.05, 3.63) is 71.3 Å². The van der Waals surface area contributed by atoms with Gasteiger partial charge in [0, 0.05) is 11.0 Å². The van der Waals surface area contributed by atoms with E-state index in [0.717, 1.165) is 5.56 Å². The van der Waals surface area contributed by atoms with Crippen molar-refractivity contribution in [2.24, 2.45) is 0 Å². The lowest BCUT2D eigenvalue weighted by atomic mass is 9.77. The minimum atomic E-state index is -0.0906. The second kappa shape index (κ2) is 4.77. The highest BCUT2D eigenvalue weighted by Crippen LogP contribution is 2.31. The molecule has 0 spiro atoms. The molecule has 0 saturated carbocycles. The minimum Gasteiger partial charge on any atom is -0.295 e. The van der Waals surface area contributed by atoms with Crippen LogP contribution in [0, 0.1) is 0 Å². The van der Waals surface area contributed by atoms with E-state index >= 15 is 0 Å². The van der Waals surface area contributed by atoms with Gasteiger partial charge in [0.1, 0.15) is 0 Å². The molecule has 0 aliphatic carbocycles. The summed E-state index contributed by atoms with van der Waals surface area (Å²) in [7, 11) is 0. The first-order chi connectivity index (χ1) is 8.51. The Morgan fingerprint density at radius 2 is 1.50 bits per heavy atom. The third-order valence-electron chi connectivity index (χ3n) is 3.49. The van der Waals surface area contributed by atoms with Gasteiger partial charge >= 0.3 is 0 Å². The fourth-order valence-corrected chi connectivity index (χ4v) is 2.15. The first-order valence-corrected chi connectivity index (χ1v) is 6.19. The molecule has 0 N–H and O–H groups in total. The molecular formula is C17H18O. The molecule has 0 atom stereocenters. The molecule has 0 bridgehead atoms. The number of hydrogen-bond acceptors (Lipinski definition) is 1. The Labute approximate surface area is 108 Å². The lowest BCUT2D eigenvalue weighted by Gasteiger charge is -2.26. The Hall–Kier alpha value is -1.89. The number of benzene rings is 2. The Balaban J connectivity index is 2.47. The number of carbonyl (C=O) groups excluding carboxylic acids is 1. The van der Waals surface area contributed by atoms with Gasteiger partial charge in [0.05, 0.1) is 0 Å². The molecule has 0 saturated heterocycles. The zero-order valence-corrected chi connectivity index (χ0v) is 11.1. The first kappa shape index (κ1) is 12.6. The van der Waals surface area contributed by atoms with Crippen LogP contribution < -0.4 is 0 Å². The molecule has 0 heterocycles. The van der Waals surface area contributed by atoms with Crippen molar-refractivity contribution < 1.29 is 4.79 Å². The molecule has 0 amide bonds. The summed E-state index contributed by atoms with van der Waals surface area (Å²) in [5.41, 5.74) is 3.11. The molecule has 2 aromatic carbocycles. The van der Waals surface area contributed by atoms with Gasteiger partial charge in [-0.2, -0.15) is 0 Å². The molecule has 2 aromatic rings. The largest absolute Gasteiger partial charge is 0.295 e. The third kappa shape index (κ3) is 2.35. The molecule has 0 unspecified atom stereocenters. The van der Waals surface area contributed by atoms with Crippen LogP contribution in [0.2, 0.25) is 0 Å². The highest BCUT2D eigenvalue weighted by molar-refractivity contribution is 5.94. The van der Waals surface area contributed by atoms with E-state index in [1.54, 1.807) is 6.92 Å². The standard InChI is InChI=1S/C17H18O/c1-13(18)14-8-7-11-16(12-14)17(2,3)15-9-5-4-6-10-15/h4-12H,1-3H3. The maximum Gasteiger partial charge on any atom is 0.159 e. The summed E-state index contributed by atoms with van der Waals surface area (Å²) in [6, 6.07) is 18.3. The number of ketones is 1. The van der Waals surface area contributed by atoms with Crippen LogP contribution in [-0.4, -0.2) is 5.78 Å². The number of rotatable bonds is 3. The summed E-state index contributed by atoms with van der Waals surface area (Å²) in [4.78, 5) is 11.5. The van der Waals surface area contributed by atoms with Crippen molar-refractivity contribution >= 4 is 5.78 Å². The summed E-state index contributed by atoms with van der Waals surface area (Å²) in [5.74, 6) is 0.112. The molecule has 0 aliphatic heterocycles. The van der Waals surface area contributed by atoms with Gasteiger partial charge in [0.15, 0.2) is 5.78 Å². The Bertz CT molecular complexity index is 553. The second-order valence-electron chi connectivity index (χ2n) is 5.13. The molecule has 1 heteroatoms. The third-order valence-corrected chi connectivity index (χ3v) is 3.49. The molecule has 92 valence electrons. The van der Waals surface area contributed by atoms with Gasteiger partial charge in [-0.1, -0.05) is 62.4 Å². The van der Waals surface area contributed by atoms with Gasteiger partial charge in [-0.3, -0.25) is 4.79 Å². The quantitative estimate of drug-likeness (QED) is 0.732. The Morgan fingerprint density at radius 3 is 2.11 bits per heavy atom. The molecule has 1 nitrogen and oxygen atoms in total. The summed E-state index contributed by atoms with van der Waals surface area (Å²) >= 11 is 0. The van der Waals surface area contributed by atoms with Crippen LogP contribution >= 0.6 is 0 Å². The van der Waals surface area contributed by atoms with Crippen molar-refractivity contribution in [2.75, 3.05) is 0 Å². The average molecular weight is 238 g/mol. The number of Topliss-reactive ketones (excluding diaryl/α,β-unsaturated/α-hetero) is 1. The highest BCUT2D eigenvalue weighted by atomic mass is 16.1. The van der Waals surface area contributed by atoms with Gasteiger partial charge in [-0.25, -0.2) is 0 Å². The van der Waals surface area contributed by atoms with Crippen molar-refractivity contribution in [1.29, 1.82) is 0 Å². The predicted octanol–water partition coefficient (Wildman–Crippen LogP) is 4.22. The minimum absolute atomic E-state index is 0.0906. The summed E-state index contributed by atoms with van der Waals surface area (Å²) in [6.07, 6.45) is 0. The van der Waals surface area contributed by atoms with Gasteiger partial charge in [-0.05, 0) is 24.1 Å². The van der Waals surface area contributed by atoms with Crippen molar-refractivity contribution in [3.8, 4) is 0 Å². The van der Waals surface area contributed by atoms with Crippen LogP contribution in [0.3, 0.4) is 0 Å². The van der Waals surface area contributed by atoms with E-state index in [0.29, 0.717) is 0 Å².